The lowest BCUT2D eigenvalue weighted by molar-refractivity contribution is -0.138. The summed E-state index contributed by atoms with van der Waals surface area (Å²) in [5.41, 5.74) is 12.7. The number of hydrogen-bond donors (Lipinski definition) is 3. The summed E-state index contributed by atoms with van der Waals surface area (Å²) in [5, 5.41) is 8.65. The quantitative estimate of drug-likeness (QED) is 0.642. The summed E-state index contributed by atoms with van der Waals surface area (Å²) in [6.45, 7) is 0. The molecular formula is C12H18N2O3. The molecule has 0 heterocycles. The molecule has 0 saturated carbocycles. The number of carboxylic acid groups (broad SMARTS) is 1. The van der Waals surface area contributed by atoms with Crippen molar-refractivity contribution in [2.45, 2.75) is 25.3 Å². The van der Waals surface area contributed by atoms with Crippen molar-refractivity contribution < 1.29 is 14.6 Å². The van der Waals surface area contributed by atoms with E-state index in [9.17, 15) is 4.79 Å². The summed E-state index contributed by atoms with van der Waals surface area (Å²) in [6, 6.07) is 4.65. The lowest BCUT2D eigenvalue weighted by atomic mass is 10.0. The fourth-order valence-electron chi connectivity index (χ4n) is 1.60. The Bertz CT molecular complexity index is 393. The molecule has 5 N–H and O–H groups in total. The van der Waals surface area contributed by atoms with Crippen LogP contribution in [0.1, 0.15) is 18.4 Å². The molecule has 94 valence electrons. The number of hydrogen-bond acceptors (Lipinski definition) is 4. The Kier molecular flexibility index (Phi) is 4.78. The Labute approximate surface area is 100 Å². The van der Waals surface area contributed by atoms with E-state index in [0.29, 0.717) is 18.5 Å². The molecule has 0 spiro atoms. The first-order chi connectivity index (χ1) is 8.04. The third kappa shape index (κ3) is 3.96. The van der Waals surface area contributed by atoms with Crippen LogP contribution in [-0.4, -0.2) is 24.2 Å². The van der Waals surface area contributed by atoms with Gasteiger partial charge in [-0.2, -0.15) is 0 Å². The number of methoxy groups -OCH3 is 1. The molecule has 1 atom stereocenters. The van der Waals surface area contributed by atoms with Crippen molar-refractivity contribution in [3.8, 4) is 5.75 Å². The molecule has 0 aliphatic heterocycles. The van der Waals surface area contributed by atoms with Crippen LogP contribution in [0.3, 0.4) is 0 Å². The Hall–Kier alpha value is -1.75. The number of aliphatic carboxylic acids is 1. The zero-order valence-corrected chi connectivity index (χ0v) is 9.85. The van der Waals surface area contributed by atoms with Crippen LogP contribution in [0.5, 0.6) is 5.75 Å². The molecule has 1 unspecified atom stereocenters. The second-order valence-electron chi connectivity index (χ2n) is 3.91. The molecule has 5 nitrogen and oxygen atoms in total. The highest BCUT2D eigenvalue weighted by Crippen LogP contribution is 2.23. The van der Waals surface area contributed by atoms with E-state index in [4.69, 9.17) is 21.3 Å². The van der Waals surface area contributed by atoms with Crippen molar-refractivity contribution in [3.05, 3.63) is 23.8 Å². The number of ether oxygens (including phenoxy) is 1. The van der Waals surface area contributed by atoms with Gasteiger partial charge in [-0.1, -0.05) is 6.07 Å². The second kappa shape index (κ2) is 6.10. The second-order valence-corrected chi connectivity index (χ2v) is 3.91. The summed E-state index contributed by atoms with van der Waals surface area (Å²) in [4.78, 5) is 10.5. The van der Waals surface area contributed by atoms with Gasteiger partial charge >= 0.3 is 5.97 Å². The Morgan fingerprint density at radius 1 is 1.53 bits per heavy atom. The third-order valence-electron chi connectivity index (χ3n) is 2.59. The van der Waals surface area contributed by atoms with Crippen LogP contribution >= 0.6 is 0 Å². The number of aryl methyl sites for hydroxylation is 1. The number of carbonyl (C=O) groups is 1. The minimum atomic E-state index is -0.964. The number of anilines is 1. The number of carboxylic acids is 1. The van der Waals surface area contributed by atoms with E-state index < -0.39 is 12.0 Å². The predicted octanol–water partition coefficient (Wildman–Crippen LogP) is 1.01. The van der Waals surface area contributed by atoms with E-state index >= 15 is 0 Å². The standard InChI is InChI=1S/C12H18N2O3/c1-17-11-7-9(13)6-5-8(11)3-2-4-10(14)12(15)16/h5-7,10H,2-4,13-14H2,1H3,(H,15,16). The minimum absolute atomic E-state index is 0.447. The molecule has 1 aromatic rings. The third-order valence-corrected chi connectivity index (χ3v) is 2.59. The van der Waals surface area contributed by atoms with Gasteiger partial charge in [-0.05, 0) is 30.9 Å². The highest BCUT2D eigenvalue weighted by atomic mass is 16.5. The topological polar surface area (TPSA) is 98.6 Å². The number of nitrogen functional groups attached to an aromatic ring is 1. The maximum atomic E-state index is 10.5. The normalized spacial score (nSPS) is 12.1. The van der Waals surface area contributed by atoms with E-state index in [-0.39, 0.29) is 0 Å². The summed E-state index contributed by atoms with van der Waals surface area (Å²) in [7, 11) is 1.58. The average Bonchev–Trinajstić information content (AvgIpc) is 2.30. The van der Waals surface area contributed by atoms with E-state index in [1.807, 2.05) is 6.07 Å². The number of benzene rings is 1. The molecule has 0 saturated heterocycles. The molecule has 0 bridgehead atoms. The molecule has 0 fully saturated rings. The van der Waals surface area contributed by atoms with Crippen molar-refractivity contribution >= 4 is 11.7 Å². The zero-order valence-electron chi connectivity index (χ0n) is 9.85. The fraction of sp³-hybridized carbons (Fsp3) is 0.417. The van der Waals surface area contributed by atoms with Crippen molar-refractivity contribution in [2.75, 3.05) is 12.8 Å². The van der Waals surface area contributed by atoms with Gasteiger partial charge in [0.1, 0.15) is 11.8 Å². The molecule has 1 aromatic carbocycles. The maximum Gasteiger partial charge on any atom is 0.320 e. The molecule has 0 aromatic heterocycles. The van der Waals surface area contributed by atoms with Crippen LogP contribution in [0.15, 0.2) is 18.2 Å². The molecule has 0 amide bonds. The summed E-state index contributed by atoms with van der Waals surface area (Å²) < 4.78 is 5.20. The highest BCUT2D eigenvalue weighted by Gasteiger charge is 2.11. The van der Waals surface area contributed by atoms with Gasteiger partial charge in [-0.25, -0.2) is 0 Å². The first kappa shape index (κ1) is 13.3. The lowest BCUT2D eigenvalue weighted by Crippen LogP contribution is -2.29. The van der Waals surface area contributed by atoms with Gasteiger partial charge in [-0.15, -0.1) is 0 Å². The minimum Gasteiger partial charge on any atom is -0.496 e. The van der Waals surface area contributed by atoms with E-state index in [2.05, 4.69) is 0 Å². The van der Waals surface area contributed by atoms with Crippen LogP contribution in [0.4, 0.5) is 5.69 Å². The Morgan fingerprint density at radius 3 is 2.82 bits per heavy atom. The van der Waals surface area contributed by atoms with Gasteiger partial charge in [0.05, 0.1) is 7.11 Å². The maximum absolute atomic E-state index is 10.5. The van der Waals surface area contributed by atoms with Crippen LogP contribution in [0.25, 0.3) is 0 Å². The van der Waals surface area contributed by atoms with Crippen LogP contribution < -0.4 is 16.2 Å². The van der Waals surface area contributed by atoms with Crippen molar-refractivity contribution in [1.82, 2.24) is 0 Å². The average molecular weight is 238 g/mol. The Balaban J connectivity index is 2.54. The number of nitrogens with two attached hydrogens (primary N) is 2. The SMILES string of the molecule is COc1cc(N)ccc1CCCC(N)C(=O)O. The van der Waals surface area contributed by atoms with Crippen molar-refractivity contribution in [3.63, 3.8) is 0 Å². The van der Waals surface area contributed by atoms with E-state index in [0.717, 1.165) is 17.7 Å². The lowest BCUT2D eigenvalue weighted by Gasteiger charge is -2.10. The molecule has 0 aliphatic rings. The zero-order chi connectivity index (χ0) is 12.8. The summed E-state index contributed by atoms with van der Waals surface area (Å²) in [6.07, 6.45) is 1.88. The highest BCUT2D eigenvalue weighted by molar-refractivity contribution is 5.72. The molecule has 0 radical (unpaired) electrons. The first-order valence-corrected chi connectivity index (χ1v) is 5.45. The summed E-state index contributed by atoms with van der Waals surface area (Å²) in [5.74, 6) is -0.233. The van der Waals surface area contributed by atoms with Crippen LogP contribution in [0, 0.1) is 0 Å². The smallest absolute Gasteiger partial charge is 0.320 e. The molecular weight excluding hydrogens is 220 g/mol. The molecule has 0 aliphatic carbocycles. The fourth-order valence-corrected chi connectivity index (χ4v) is 1.60. The molecule has 17 heavy (non-hydrogen) atoms. The van der Waals surface area contributed by atoms with Crippen molar-refractivity contribution in [2.24, 2.45) is 5.73 Å². The van der Waals surface area contributed by atoms with Gasteiger partial charge in [-0.3, -0.25) is 4.79 Å². The van der Waals surface area contributed by atoms with Gasteiger partial charge in [0, 0.05) is 11.8 Å². The van der Waals surface area contributed by atoms with Gasteiger partial charge in [0.2, 0.25) is 0 Å². The summed E-state index contributed by atoms with van der Waals surface area (Å²) >= 11 is 0. The largest absolute Gasteiger partial charge is 0.496 e. The van der Waals surface area contributed by atoms with Crippen molar-refractivity contribution in [1.29, 1.82) is 0 Å². The van der Waals surface area contributed by atoms with Gasteiger partial charge < -0.3 is 21.3 Å². The van der Waals surface area contributed by atoms with Gasteiger partial charge in [0.25, 0.3) is 0 Å². The predicted molar refractivity (Wildman–Crippen MR) is 66.0 cm³/mol. The Morgan fingerprint density at radius 2 is 2.24 bits per heavy atom. The van der Waals surface area contributed by atoms with E-state index in [1.54, 1.807) is 19.2 Å². The van der Waals surface area contributed by atoms with Crippen LogP contribution in [0.2, 0.25) is 0 Å². The molecule has 1 rings (SSSR count). The first-order valence-electron chi connectivity index (χ1n) is 5.45. The monoisotopic (exact) mass is 238 g/mol. The van der Waals surface area contributed by atoms with E-state index in [1.165, 1.54) is 0 Å². The van der Waals surface area contributed by atoms with Gasteiger partial charge in [0.15, 0.2) is 0 Å². The molecule has 5 heteroatoms. The van der Waals surface area contributed by atoms with Crippen LogP contribution in [-0.2, 0) is 11.2 Å². The number of rotatable bonds is 6.